The quantitative estimate of drug-likeness (QED) is 0.865. The van der Waals surface area contributed by atoms with Gasteiger partial charge in [0.05, 0.1) is 11.2 Å². The molecule has 0 heterocycles. The van der Waals surface area contributed by atoms with Crippen molar-refractivity contribution in [2.45, 2.75) is 44.4 Å². The van der Waals surface area contributed by atoms with Crippen molar-refractivity contribution in [3.8, 4) is 0 Å². The number of halogens is 3. The fourth-order valence-corrected chi connectivity index (χ4v) is 2.41. The molecule has 2 rings (SSSR count). The highest BCUT2D eigenvalue weighted by atomic mass is 19.4. The number of benzene rings is 1. The molecule has 0 radical (unpaired) electrons. The van der Waals surface area contributed by atoms with E-state index in [9.17, 15) is 18.3 Å². The third kappa shape index (κ3) is 2.86. The van der Waals surface area contributed by atoms with E-state index < -0.39 is 17.3 Å². The molecule has 0 saturated heterocycles. The summed E-state index contributed by atoms with van der Waals surface area (Å²) in [4.78, 5) is 0. The van der Waals surface area contributed by atoms with E-state index in [4.69, 9.17) is 0 Å². The van der Waals surface area contributed by atoms with Crippen molar-refractivity contribution in [1.29, 1.82) is 0 Å². The highest BCUT2D eigenvalue weighted by Gasteiger charge is 2.34. The molecule has 1 aromatic carbocycles. The maximum atomic E-state index is 12.6. The van der Waals surface area contributed by atoms with Crippen LogP contribution in [0.1, 0.15) is 43.7 Å². The van der Waals surface area contributed by atoms with Crippen LogP contribution in [0.4, 0.5) is 13.2 Å². The predicted molar refractivity (Wildman–Crippen MR) is 63.0 cm³/mol. The smallest absolute Gasteiger partial charge is 0.385 e. The molecule has 18 heavy (non-hydrogen) atoms. The van der Waals surface area contributed by atoms with E-state index >= 15 is 0 Å². The summed E-state index contributed by atoms with van der Waals surface area (Å²) in [6.07, 6.45) is -0.537. The Morgan fingerprint density at radius 1 is 1.22 bits per heavy atom. The normalized spacial score (nSPS) is 20.3. The minimum absolute atomic E-state index is 0.351. The second-order valence-electron chi connectivity index (χ2n) is 5.35. The zero-order valence-electron chi connectivity index (χ0n) is 10.3. The van der Waals surface area contributed by atoms with Gasteiger partial charge in [0.25, 0.3) is 0 Å². The van der Waals surface area contributed by atoms with Gasteiger partial charge in [0.15, 0.2) is 0 Å². The molecule has 1 saturated carbocycles. The molecule has 100 valence electrons. The lowest BCUT2D eigenvalue weighted by atomic mass is 9.75. The summed E-state index contributed by atoms with van der Waals surface area (Å²) in [6.45, 7) is 1.60. The number of hydrogen-bond acceptors (Lipinski definition) is 1. The van der Waals surface area contributed by atoms with Crippen LogP contribution in [-0.2, 0) is 11.8 Å². The van der Waals surface area contributed by atoms with E-state index in [1.54, 1.807) is 13.0 Å². The lowest BCUT2D eigenvalue weighted by Gasteiger charge is -2.34. The molecule has 0 aromatic heterocycles. The fraction of sp³-hybridized carbons (Fsp3) is 0.571. The SMILES string of the molecule is CC(O)(CC1CCC1)c1cccc(C(F)(F)F)c1. The molecule has 0 aliphatic heterocycles. The van der Waals surface area contributed by atoms with Gasteiger partial charge in [-0.25, -0.2) is 0 Å². The molecule has 1 N–H and O–H groups in total. The maximum absolute atomic E-state index is 12.6. The average Bonchev–Trinajstić information content (AvgIpc) is 2.23. The Hall–Kier alpha value is -1.03. The Kier molecular flexibility index (Phi) is 3.41. The summed E-state index contributed by atoms with van der Waals surface area (Å²) in [5.74, 6) is 0.439. The van der Waals surface area contributed by atoms with E-state index in [0.29, 0.717) is 17.9 Å². The van der Waals surface area contributed by atoms with E-state index in [-0.39, 0.29) is 0 Å². The van der Waals surface area contributed by atoms with Crippen molar-refractivity contribution in [3.63, 3.8) is 0 Å². The van der Waals surface area contributed by atoms with Crippen LogP contribution in [0, 0.1) is 5.92 Å². The first-order chi connectivity index (χ1) is 8.29. The van der Waals surface area contributed by atoms with Gasteiger partial charge in [-0.3, -0.25) is 0 Å². The van der Waals surface area contributed by atoms with Crippen molar-refractivity contribution in [3.05, 3.63) is 35.4 Å². The Labute approximate surface area is 105 Å². The van der Waals surface area contributed by atoms with E-state index in [0.717, 1.165) is 31.4 Å². The second kappa shape index (κ2) is 4.57. The van der Waals surface area contributed by atoms with Crippen LogP contribution in [0.5, 0.6) is 0 Å². The largest absolute Gasteiger partial charge is 0.416 e. The first kappa shape index (κ1) is 13.4. The van der Waals surface area contributed by atoms with Crippen LogP contribution < -0.4 is 0 Å². The molecule has 1 nitrogen and oxygen atoms in total. The third-order valence-corrected chi connectivity index (χ3v) is 3.72. The molecule has 4 heteroatoms. The third-order valence-electron chi connectivity index (χ3n) is 3.72. The predicted octanol–water partition coefficient (Wildman–Crippen LogP) is 4.10. The van der Waals surface area contributed by atoms with Crippen molar-refractivity contribution in [2.24, 2.45) is 5.92 Å². The van der Waals surface area contributed by atoms with Crippen LogP contribution in [0.15, 0.2) is 24.3 Å². The van der Waals surface area contributed by atoms with Gasteiger partial charge in [0.2, 0.25) is 0 Å². The summed E-state index contributed by atoms with van der Waals surface area (Å²) in [5.41, 5.74) is -1.52. The summed E-state index contributed by atoms with van der Waals surface area (Å²) in [7, 11) is 0. The van der Waals surface area contributed by atoms with Crippen LogP contribution in [-0.4, -0.2) is 5.11 Å². The van der Waals surface area contributed by atoms with Crippen molar-refractivity contribution < 1.29 is 18.3 Å². The van der Waals surface area contributed by atoms with Crippen LogP contribution >= 0.6 is 0 Å². The molecule has 0 amide bonds. The van der Waals surface area contributed by atoms with Gasteiger partial charge < -0.3 is 5.11 Å². The lowest BCUT2D eigenvalue weighted by Crippen LogP contribution is -2.28. The Balaban J connectivity index is 2.20. The number of rotatable bonds is 3. The molecule has 1 atom stereocenters. The standard InChI is InChI=1S/C14H17F3O/c1-13(18,9-10-4-2-5-10)11-6-3-7-12(8-11)14(15,16)17/h3,6-8,10,18H,2,4-5,9H2,1H3. The van der Waals surface area contributed by atoms with Gasteiger partial charge in [-0.2, -0.15) is 13.2 Å². The van der Waals surface area contributed by atoms with Gasteiger partial charge in [-0.1, -0.05) is 31.4 Å². The minimum Gasteiger partial charge on any atom is -0.385 e. The lowest BCUT2D eigenvalue weighted by molar-refractivity contribution is -0.137. The van der Waals surface area contributed by atoms with Crippen LogP contribution in [0.25, 0.3) is 0 Å². The average molecular weight is 258 g/mol. The van der Waals surface area contributed by atoms with Crippen LogP contribution in [0.3, 0.4) is 0 Å². The van der Waals surface area contributed by atoms with Crippen molar-refractivity contribution in [2.75, 3.05) is 0 Å². The topological polar surface area (TPSA) is 20.2 Å². The van der Waals surface area contributed by atoms with Gasteiger partial charge in [0, 0.05) is 0 Å². The zero-order valence-corrected chi connectivity index (χ0v) is 10.3. The monoisotopic (exact) mass is 258 g/mol. The molecule has 0 spiro atoms. The van der Waals surface area contributed by atoms with Gasteiger partial charge in [-0.15, -0.1) is 0 Å². The Morgan fingerprint density at radius 3 is 2.33 bits per heavy atom. The van der Waals surface area contributed by atoms with E-state index in [1.165, 1.54) is 6.07 Å². The Morgan fingerprint density at radius 2 is 1.83 bits per heavy atom. The molecule has 0 bridgehead atoms. The first-order valence-corrected chi connectivity index (χ1v) is 6.19. The highest BCUT2D eigenvalue weighted by molar-refractivity contribution is 5.29. The summed E-state index contributed by atoms with van der Waals surface area (Å²) in [6, 6.07) is 5.00. The number of aliphatic hydroxyl groups is 1. The highest BCUT2D eigenvalue weighted by Crippen LogP contribution is 2.39. The van der Waals surface area contributed by atoms with Crippen molar-refractivity contribution >= 4 is 0 Å². The minimum atomic E-state index is -4.36. The molecule has 1 aromatic rings. The second-order valence-corrected chi connectivity index (χ2v) is 5.35. The van der Waals surface area contributed by atoms with Crippen LogP contribution in [0.2, 0.25) is 0 Å². The summed E-state index contributed by atoms with van der Waals surface area (Å²) in [5, 5.41) is 10.3. The molecular weight excluding hydrogens is 241 g/mol. The summed E-state index contributed by atoms with van der Waals surface area (Å²) >= 11 is 0. The fourth-order valence-electron chi connectivity index (χ4n) is 2.41. The molecular formula is C14H17F3O. The van der Waals surface area contributed by atoms with Gasteiger partial charge in [-0.05, 0) is 37.0 Å². The molecule has 1 aliphatic carbocycles. The number of alkyl halides is 3. The van der Waals surface area contributed by atoms with E-state index in [1.807, 2.05) is 0 Å². The zero-order chi connectivity index (χ0) is 13.4. The molecule has 1 fully saturated rings. The molecule has 1 unspecified atom stereocenters. The van der Waals surface area contributed by atoms with Crippen molar-refractivity contribution in [1.82, 2.24) is 0 Å². The summed E-state index contributed by atoms with van der Waals surface area (Å²) < 4.78 is 37.8. The van der Waals surface area contributed by atoms with Gasteiger partial charge in [0.1, 0.15) is 0 Å². The maximum Gasteiger partial charge on any atom is 0.416 e. The number of hydrogen-bond donors (Lipinski definition) is 1. The van der Waals surface area contributed by atoms with E-state index in [2.05, 4.69) is 0 Å². The molecule has 1 aliphatic rings. The first-order valence-electron chi connectivity index (χ1n) is 6.19. The Bertz CT molecular complexity index is 419. The van der Waals surface area contributed by atoms with Gasteiger partial charge >= 0.3 is 6.18 Å².